The van der Waals surface area contributed by atoms with Gasteiger partial charge in [-0.25, -0.2) is 8.42 Å². The van der Waals surface area contributed by atoms with E-state index in [0.29, 0.717) is 5.56 Å². The maximum atomic E-state index is 12.5. The van der Waals surface area contributed by atoms with Crippen LogP contribution in [0.2, 0.25) is 0 Å². The van der Waals surface area contributed by atoms with Crippen LogP contribution in [0.25, 0.3) is 0 Å². The average molecular weight is 295 g/mol. The van der Waals surface area contributed by atoms with E-state index in [1.54, 1.807) is 32.2 Å². The zero-order valence-corrected chi connectivity index (χ0v) is 12.4. The van der Waals surface area contributed by atoms with Gasteiger partial charge >= 0.3 is 0 Å². The summed E-state index contributed by atoms with van der Waals surface area (Å²) >= 11 is 0. The number of hydrogen-bond donors (Lipinski definition) is 1. The molecule has 1 aromatic heterocycles. The summed E-state index contributed by atoms with van der Waals surface area (Å²) in [7, 11) is -0.500. The minimum absolute atomic E-state index is 0.0771. The highest BCUT2D eigenvalue weighted by Crippen LogP contribution is 2.30. The van der Waals surface area contributed by atoms with Gasteiger partial charge in [0.2, 0.25) is 10.0 Å². The third-order valence-electron chi connectivity index (χ3n) is 3.29. The van der Waals surface area contributed by atoms with Crippen LogP contribution >= 0.6 is 0 Å². The Morgan fingerprint density at radius 2 is 2.00 bits per heavy atom. The van der Waals surface area contributed by atoms with Crippen molar-refractivity contribution >= 4 is 10.0 Å². The van der Waals surface area contributed by atoms with Crippen LogP contribution in [0.3, 0.4) is 0 Å². The summed E-state index contributed by atoms with van der Waals surface area (Å²) in [5, 5.41) is 13.7. The molecule has 1 atom stereocenters. The lowest BCUT2D eigenvalue weighted by Gasteiger charge is -2.24. The zero-order chi connectivity index (χ0) is 14.9. The predicted octanol–water partition coefficient (Wildman–Crippen LogP) is 1.51. The van der Waals surface area contributed by atoms with Crippen molar-refractivity contribution in [3.8, 4) is 5.75 Å². The van der Waals surface area contributed by atoms with Crippen LogP contribution < -0.4 is 0 Å². The SMILES string of the molecule is CC(c1ccccc1O)N(C)S(=O)(=O)c1cnn(C)c1. The second-order valence-corrected chi connectivity index (χ2v) is 6.60. The molecular formula is C13H17N3O3S. The van der Waals surface area contributed by atoms with E-state index < -0.39 is 16.1 Å². The molecule has 7 heteroatoms. The number of aromatic nitrogens is 2. The lowest BCUT2D eigenvalue weighted by Crippen LogP contribution is -2.29. The normalized spacial score (nSPS) is 13.6. The van der Waals surface area contributed by atoms with Crippen LogP contribution in [-0.2, 0) is 17.1 Å². The van der Waals surface area contributed by atoms with Crippen LogP contribution in [0.15, 0.2) is 41.6 Å². The maximum Gasteiger partial charge on any atom is 0.246 e. The molecule has 0 saturated carbocycles. The van der Waals surface area contributed by atoms with E-state index in [1.807, 2.05) is 0 Å². The van der Waals surface area contributed by atoms with Crippen molar-refractivity contribution in [2.75, 3.05) is 7.05 Å². The Balaban J connectivity index is 2.36. The number of phenols is 1. The molecule has 0 fully saturated rings. The minimum atomic E-state index is -3.64. The fraction of sp³-hybridized carbons (Fsp3) is 0.308. The summed E-state index contributed by atoms with van der Waals surface area (Å²) in [5.41, 5.74) is 0.558. The van der Waals surface area contributed by atoms with E-state index in [4.69, 9.17) is 0 Å². The Bertz CT molecular complexity index is 709. The Morgan fingerprint density at radius 1 is 1.35 bits per heavy atom. The molecule has 0 aliphatic heterocycles. The standard InChI is InChI=1S/C13H17N3O3S/c1-10(12-6-4-5-7-13(12)17)16(3)20(18,19)11-8-14-15(2)9-11/h4-10,17H,1-3H3. The molecule has 0 radical (unpaired) electrons. The van der Waals surface area contributed by atoms with E-state index >= 15 is 0 Å². The first-order valence-corrected chi connectivity index (χ1v) is 7.52. The fourth-order valence-electron chi connectivity index (χ4n) is 1.94. The molecule has 1 unspecified atom stereocenters. The van der Waals surface area contributed by atoms with Gasteiger partial charge in [0, 0.05) is 25.9 Å². The summed E-state index contributed by atoms with van der Waals surface area (Å²) in [6.45, 7) is 1.73. The van der Waals surface area contributed by atoms with Crippen LogP contribution in [0.1, 0.15) is 18.5 Å². The first kappa shape index (κ1) is 14.5. The van der Waals surface area contributed by atoms with Crippen molar-refractivity contribution in [3.63, 3.8) is 0 Å². The Morgan fingerprint density at radius 3 is 2.55 bits per heavy atom. The first-order chi connectivity index (χ1) is 9.34. The number of aromatic hydroxyl groups is 1. The van der Waals surface area contributed by atoms with Crippen LogP contribution in [0.4, 0.5) is 0 Å². The Kier molecular flexibility index (Phi) is 3.82. The third-order valence-corrected chi connectivity index (χ3v) is 5.17. The number of nitrogens with zero attached hydrogens (tertiary/aromatic N) is 3. The summed E-state index contributed by atoms with van der Waals surface area (Å²) in [6, 6.07) is 6.21. The number of para-hydroxylation sites is 1. The van der Waals surface area contributed by atoms with E-state index in [0.717, 1.165) is 0 Å². The molecule has 0 aliphatic rings. The van der Waals surface area contributed by atoms with Crippen molar-refractivity contribution < 1.29 is 13.5 Å². The van der Waals surface area contributed by atoms with Gasteiger partial charge in [-0.1, -0.05) is 18.2 Å². The molecule has 1 N–H and O–H groups in total. The van der Waals surface area contributed by atoms with E-state index in [1.165, 1.54) is 34.5 Å². The number of hydrogen-bond acceptors (Lipinski definition) is 4. The quantitative estimate of drug-likeness (QED) is 0.927. The molecule has 2 rings (SSSR count). The van der Waals surface area contributed by atoms with E-state index in [9.17, 15) is 13.5 Å². The second-order valence-electron chi connectivity index (χ2n) is 4.61. The number of benzene rings is 1. The monoisotopic (exact) mass is 295 g/mol. The topological polar surface area (TPSA) is 75.4 Å². The van der Waals surface area contributed by atoms with Crippen molar-refractivity contribution in [2.45, 2.75) is 17.9 Å². The highest BCUT2D eigenvalue weighted by Gasteiger charge is 2.28. The molecule has 108 valence electrons. The highest BCUT2D eigenvalue weighted by molar-refractivity contribution is 7.89. The minimum Gasteiger partial charge on any atom is -0.508 e. The number of rotatable bonds is 4. The molecule has 0 spiro atoms. The van der Waals surface area contributed by atoms with Gasteiger partial charge in [0.1, 0.15) is 10.6 Å². The molecular weight excluding hydrogens is 278 g/mol. The molecule has 2 aromatic rings. The van der Waals surface area contributed by atoms with Gasteiger partial charge < -0.3 is 5.11 Å². The molecule has 1 heterocycles. The molecule has 1 aromatic carbocycles. The van der Waals surface area contributed by atoms with Crippen LogP contribution in [0.5, 0.6) is 5.75 Å². The molecule has 6 nitrogen and oxygen atoms in total. The second kappa shape index (κ2) is 5.26. The lowest BCUT2D eigenvalue weighted by atomic mass is 10.1. The maximum absolute atomic E-state index is 12.5. The van der Waals surface area contributed by atoms with Crippen molar-refractivity contribution in [2.24, 2.45) is 7.05 Å². The van der Waals surface area contributed by atoms with Gasteiger partial charge in [-0.15, -0.1) is 0 Å². The van der Waals surface area contributed by atoms with E-state index in [-0.39, 0.29) is 10.6 Å². The van der Waals surface area contributed by atoms with Gasteiger partial charge in [-0.3, -0.25) is 4.68 Å². The molecule has 0 saturated heterocycles. The largest absolute Gasteiger partial charge is 0.508 e. The number of sulfonamides is 1. The van der Waals surface area contributed by atoms with Crippen molar-refractivity contribution in [1.82, 2.24) is 14.1 Å². The molecule has 0 aliphatic carbocycles. The molecule has 0 bridgehead atoms. The third kappa shape index (κ3) is 2.54. The van der Waals surface area contributed by atoms with Crippen LogP contribution in [-0.4, -0.2) is 34.7 Å². The highest BCUT2D eigenvalue weighted by atomic mass is 32.2. The Hall–Kier alpha value is -1.86. The van der Waals surface area contributed by atoms with E-state index in [2.05, 4.69) is 5.10 Å². The van der Waals surface area contributed by atoms with Crippen molar-refractivity contribution in [1.29, 1.82) is 0 Å². The average Bonchev–Trinajstić information content (AvgIpc) is 2.85. The summed E-state index contributed by atoms with van der Waals surface area (Å²) in [5.74, 6) is 0.0771. The smallest absolute Gasteiger partial charge is 0.246 e. The number of aryl methyl sites for hydroxylation is 1. The van der Waals surface area contributed by atoms with Crippen LogP contribution in [0, 0.1) is 0 Å². The Labute approximate surface area is 118 Å². The lowest BCUT2D eigenvalue weighted by molar-refractivity contribution is 0.381. The van der Waals surface area contributed by atoms with Gasteiger partial charge in [0.25, 0.3) is 0 Å². The number of phenolic OH excluding ortho intramolecular Hbond substituents is 1. The molecule has 0 amide bonds. The predicted molar refractivity (Wildman–Crippen MR) is 74.7 cm³/mol. The van der Waals surface area contributed by atoms with Gasteiger partial charge in [-0.2, -0.15) is 9.40 Å². The van der Waals surface area contributed by atoms with Gasteiger partial charge in [0.05, 0.1) is 12.2 Å². The summed E-state index contributed by atoms with van der Waals surface area (Å²) in [6.07, 6.45) is 2.76. The van der Waals surface area contributed by atoms with Gasteiger partial charge in [-0.05, 0) is 13.0 Å². The first-order valence-electron chi connectivity index (χ1n) is 6.08. The summed E-state index contributed by atoms with van der Waals surface area (Å²) < 4.78 is 27.6. The fourth-order valence-corrected chi connectivity index (χ4v) is 3.27. The molecule has 20 heavy (non-hydrogen) atoms. The summed E-state index contributed by atoms with van der Waals surface area (Å²) in [4.78, 5) is 0.129. The van der Waals surface area contributed by atoms with Crippen molar-refractivity contribution in [3.05, 3.63) is 42.2 Å². The zero-order valence-electron chi connectivity index (χ0n) is 11.6. The van der Waals surface area contributed by atoms with Gasteiger partial charge in [0.15, 0.2) is 0 Å².